The standard InChI is InChI=1S/C31H26F7N3O5S/c32-21-7-15(27(42)43)8-24-26(21)39-28(47-24)41-17-5-6-18(41)12-29(33,11-17)14-44-13-20-23(9-16-10-30(16,34)35)46-40-25(20)19-3-1-2-4-22(19)45-31(36,37)38/h1-4,7-8,16-18H,5-6,9-14H2,(H,42,43). The SMILES string of the molecule is O=C(O)c1cc(F)c2nc(N3C4CCC3CC(F)(COCc3c(-c5ccccc5OC(F)(F)F)noc3CC3CC3(F)F)C4)sc2c1. The lowest BCUT2D eigenvalue weighted by atomic mass is 9.88. The predicted molar refractivity (Wildman–Crippen MR) is 154 cm³/mol. The van der Waals surface area contributed by atoms with Crippen LogP contribution in [0.2, 0.25) is 0 Å². The van der Waals surface area contributed by atoms with Gasteiger partial charge in [0.05, 0.1) is 23.5 Å². The fraction of sp³-hybridized carbons (Fsp3) is 0.452. The molecule has 4 aromatic rings. The maximum Gasteiger partial charge on any atom is 0.573 e. The van der Waals surface area contributed by atoms with Gasteiger partial charge >= 0.3 is 12.3 Å². The van der Waals surface area contributed by atoms with E-state index in [1.807, 2.05) is 4.90 Å². The van der Waals surface area contributed by atoms with E-state index in [0.717, 1.165) is 23.5 Å². The quantitative estimate of drug-likeness (QED) is 0.168. The third-order valence-corrected chi connectivity index (χ3v) is 9.98. The lowest BCUT2D eigenvalue weighted by Gasteiger charge is -2.42. The van der Waals surface area contributed by atoms with Crippen molar-refractivity contribution in [2.24, 2.45) is 5.92 Å². The summed E-state index contributed by atoms with van der Waals surface area (Å²) in [6.07, 6.45) is -4.24. The number of para-hydroxylation sites is 1. The van der Waals surface area contributed by atoms with Crippen molar-refractivity contribution < 1.29 is 54.6 Å². The fourth-order valence-electron chi connectivity index (χ4n) is 6.72. The van der Waals surface area contributed by atoms with Gasteiger partial charge in [-0.3, -0.25) is 0 Å². The number of nitrogens with zero attached hydrogens (tertiary/aromatic N) is 3. The average Bonchev–Trinajstić information content (AvgIpc) is 3.32. The zero-order valence-corrected chi connectivity index (χ0v) is 25.1. The molecule has 2 aromatic heterocycles. The summed E-state index contributed by atoms with van der Waals surface area (Å²) in [7, 11) is 0. The van der Waals surface area contributed by atoms with Crippen LogP contribution in [0, 0.1) is 11.7 Å². The maximum absolute atomic E-state index is 16.4. The Kier molecular flexibility index (Phi) is 7.65. The second-order valence-electron chi connectivity index (χ2n) is 12.3. The molecule has 0 radical (unpaired) electrons. The summed E-state index contributed by atoms with van der Waals surface area (Å²) >= 11 is 1.13. The first-order valence-corrected chi connectivity index (χ1v) is 15.6. The van der Waals surface area contributed by atoms with Gasteiger partial charge in [0.1, 0.15) is 28.4 Å². The van der Waals surface area contributed by atoms with Gasteiger partial charge < -0.3 is 24.0 Å². The molecule has 1 N–H and O–H groups in total. The minimum absolute atomic E-state index is 0.0147. The second kappa shape index (κ2) is 11.4. The van der Waals surface area contributed by atoms with Crippen molar-refractivity contribution in [2.45, 2.75) is 75.2 Å². The number of ether oxygens (including phenoxy) is 2. The third kappa shape index (κ3) is 6.24. The molecule has 3 fully saturated rings. The highest BCUT2D eigenvalue weighted by Crippen LogP contribution is 2.51. The molecule has 1 saturated carbocycles. The van der Waals surface area contributed by atoms with Gasteiger partial charge in [0, 0.05) is 54.8 Å². The summed E-state index contributed by atoms with van der Waals surface area (Å²) in [5.74, 6) is -6.51. The molecule has 3 unspecified atom stereocenters. The number of alkyl halides is 6. The molecule has 0 spiro atoms. The van der Waals surface area contributed by atoms with E-state index >= 15 is 4.39 Å². The molecule has 3 atom stereocenters. The Labute approximate surface area is 266 Å². The molecule has 3 aliphatic rings. The van der Waals surface area contributed by atoms with Crippen molar-refractivity contribution in [3.63, 3.8) is 0 Å². The number of carboxylic acid groups (broad SMARTS) is 1. The van der Waals surface area contributed by atoms with Gasteiger partial charge in [-0.25, -0.2) is 27.3 Å². The number of anilines is 1. The van der Waals surface area contributed by atoms with Crippen LogP contribution < -0.4 is 9.64 Å². The number of carboxylic acids is 1. The van der Waals surface area contributed by atoms with Crippen LogP contribution in [0.1, 0.15) is 53.8 Å². The van der Waals surface area contributed by atoms with Crippen LogP contribution in [0.3, 0.4) is 0 Å². The number of hydrogen-bond donors (Lipinski definition) is 1. The fourth-order valence-corrected chi connectivity index (χ4v) is 7.88. The van der Waals surface area contributed by atoms with Crippen molar-refractivity contribution in [3.05, 3.63) is 59.1 Å². The number of carbonyl (C=O) groups is 1. The van der Waals surface area contributed by atoms with Crippen LogP contribution in [0.25, 0.3) is 21.5 Å². The van der Waals surface area contributed by atoms with Gasteiger partial charge in [0.25, 0.3) is 5.92 Å². The van der Waals surface area contributed by atoms with Crippen LogP contribution >= 0.6 is 11.3 Å². The van der Waals surface area contributed by atoms with Crippen molar-refractivity contribution in [1.82, 2.24) is 10.1 Å². The first-order valence-electron chi connectivity index (χ1n) is 14.8. The van der Waals surface area contributed by atoms with Gasteiger partial charge in [-0.05, 0) is 37.1 Å². The van der Waals surface area contributed by atoms with Gasteiger partial charge in [-0.15, -0.1) is 13.2 Å². The number of rotatable bonds is 10. The Hall–Kier alpha value is -3.92. The number of benzene rings is 2. The molecular formula is C31H26F7N3O5S. The number of aromatic nitrogens is 2. The first kappa shape index (κ1) is 31.7. The molecule has 2 saturated heterocycles. The van der Waals surface area contributed by atoms with Crippen molar-refractivity contribution >= 4 is 32.7 Å². The summed E-state index contributed by atoms with van der Waals surface area (Å²) < 4.78 is 114. The van der Waals surface area contributed by atoms with Gasteiger partial charge in [-0.1, -0.05) is 28.6 Å². The predicted octanol–water partition coefficient (Wildman–Crippen LogP) is 7.94. The van der Waals surface area contributed by atoms with E-state index in [4.69, 9.17) is 9.26 Å². The van der Waals surface area contributed by atoms with E-state index in [0.29, 0.717) is 22.7 Å². The smallest absolute Gasteiger partial charge is 0.478 e. The highest BCUT2D eigenvalue weighted by atomic mass is 32.1. The summed E-state index contributed by atoms with van der Waals surface area (Å²) in [6.45, 7) is -0.755. The Balaban J connectivity index is 1.09. The molecular weight excluding hydrogens is 659 g/mol. The number of halogens is 7. The minimum Gasteiger partial charge on any atom is -0.478 e. The topological polar surface area (TPSA) is 97.9 Å². The van der Waals surface area contributed by atoms with Crippen molar-refractivity contribution in [2.75, 3.05) is 11.5 Å². The van der Waals surface area contributed by atoms with Crippen molar-refractivity contribution in [1.29, 1.82) is 0 Å². The number of aromatic carboxylic acids is 1. The molecule has 0 amide bonds. The summed E-state index contributed by atoms with van der Waals surface area (Å²) in [4.78, 5) is 17.7. The van der Waals surface area contributed by atoms with E-state index in [9.17, 15) is 36.2 Å². The largest absolute Gasteiger partial charge is 0.573 e. The van der Waals surface area contributed by atoms with Crippen LogP contribution in [-0.4, -0.2) is 57.9 Å². The Morgan fingerprint density at radius 2 is 1.81 bits per heavy atom. The first-order chi connectivity index (χ1) is 22.2. The van der Waals surface area contributed by atoms with E-state index in [2.05, 4.69) is 14.9 Å². The van der Waals surface area contributed by atoms with Crippen LogP contribution in [0.4, 0.5) is 35.9 Å². The summed E-state index contributed by atoms with van der Waals surface area (Å²) in [5.41, 5.74) is -2.01. The zero-order chi connectivity index (χ0) is 33.3. The molecule has 47 heavy (non-hydrogen) atoms. The number of hydrogen-bond acceptors (Lipinski definition) is 8. The number of fused-ring (bicyclic) bond motifs is 3. The van der Waals surface area contributed by atoms with E-state index < -0.39 is 48.0 Å². The summed E-state index contributed by atoms with van der Waals surface area (Å²) in [6, 6.07) is 6.86. The molecule has 16 heteroatoms. The molecule has 1 aliphatic carbocycles. The van der Waals surface area contributed by atoms with E-state index in [-0.39, 0.29) is 78.0 Å². The van der Waals surface area contributed by atoms with E-state index in [1.54, 1.807) is 0 Å². The normalized spacial score (nSPS) is 25.0. The number of thiazole rings is 1. The van der Waals surface area contributed by atoms with E-state index in [1.165, 1.54) is 24.3 Å². The summed E-state index contributed by atoms with van der Waals surface area (Å²) in [5, 5.41) is 13.6. The van der Waals surface area contributed by atoms with Crippen LogP contribution in [-0.2, 0) is 17.8 Å². The molecule has 2 aromatic carbocycles. The third-order valence-electron chi connectivity index (χ3n) is 8.96. The van der Waals surface area contributed by atoms with Gasteiger partial charge in [-0.2, -0.15) is 0 Å². The molecule has 8 nitrogen and oxygen atoms in total. The minimum atomic E-state index is -5.01. The van der Waals surface area contributed by atoms with Crippen LogP contribution in [0.5, 0.6) is 5.75 Å². The number of piperidine rings is 1. The maximum atomic E-state index is 16.4. The Bertz CT molecular complexity index is 1830. The second-order valence-corrected chi connectivity index (χ2v) is 13.3. The average molecular weight is 686 g/mol. The van der Waals surface area contributed by atoms with Crippen LogP contribution in [0.15, 0.2) is 40.9 Å². The molecule has 4 heterocycles. The Morgan fingerprint density at radius 1 is 1.11 bits per heavy atom. The zero-order valence-electron chi connectivity index (χ0n) is 24.3. The lowest BCUT2D eigenvalue weighted by Crippen LogP contribution is -2.51. The Morgan fingerprint density at radius 3 is 2.47 bits per heavy atom. The molecule has 2 aliphatic heterocycles. The molecule has 2 bridgehead atoms. The monoisotopic (exact) mass is 685 g/mol. The van der Waals surface area contributed by atoms with Gasteiger partial charge in [0.15, 0.2) is 10.9 Å². The van der Waals surface area contributed by atoms with Crippen molar-refractivity contribution in [3.8, 4) is 17.0 Å². The lowest BCUT2D eigenvalue weighted by molar-refractivity contribution is -0.274. The molecule has 7 rings (SSSR count). The molecule has 250 valence electrons. The highest BCUT2D eigenvalue weighted by Gasteiger charge is 2.57. The highest BCUT2D eigenvalue weighted by molar-refractivity contribution is 7.22. The van der Waals surface area contributed by atoms with Gasteiger partial charge in [0.2, 0.25) is 0 Å².